The maximum Gasteiger partial charge on any atom is 0.236 e. The van der Waals surface area contributed by atoms with E-state index in [4.69, 9.17) is 4.74 Å². The van der Waals surface area contributed by atoms with Gasteiger partial charge >= 0.3 is 0 Å². The molecule has 1 aromatic carbocycles. The lowest BCUT2D eigenvalue weighted by Crippen LogP contribution is -2.52. The number of morpholine rings is 1. The average Bonchev–Trinajstić information content (AvgIpc) is 2.64. The number of β-amino-alcohol motifs (C(OH)–C–C–N with tert-alkyl or cyclic N) is 1. The summed E-state index contributed by atoms with van der Waals surface area (Å²) in [5.41, 5.74) is 0.960. The van der Waals surface area contributed by atoms with Gasteiger partial charge in [-0.2, -0.15) is 0 Å². The molecule has 0 radical (unpaired) electrons. The molecule has 2 atom stereocenters. The molecule has 138 valence electrons. The Labute approximate surface area is 150 Å². The van der Waals surface area contributed by atoms with Gasteiger partial charge in [0.15, 0.2) is 0 Å². The predicted octanol–water partition coefficient (Wildman–Crippen LogP) is 0.585. The molecule has 0 spiro atoms. The Morgan fingerprint density at radius 3 is 2.52 bits per heavy atom. The highest BCUT2D eigenvalue weighted by Crippen LogP contribution is 2.15. The van der Waals surface area contributed by atoms with E-state index in [2.05, 4.69) is 9.80 Å². The maximum atomic E-state index is 12.4. The molecule has 6 nitrogen and oxygen atoms in total. The molecular weight excluding hydrogens is 318 g/mol. The highest BCUT2D eigenvalue weighted by molar-refractivity contribution is 5.78. The Morgan fingerprint density at radius 1 is 1.16 bits per heavy atom. The number of carbonyl (C=O) groups is 1. The van der Waals surface area contributed by atoms with Gasteiger partial charge in [0.25, 0.3) is 0 Å². The van der Waals surface area contributed by atoms with E-state index >= 15 is 0 Å². The lowest BCUT2D eigenvalue weighted by atomic mass is 10.1. The first kappa shape index (κ1) is 18.3. The molecule has 1 N–H and O–H groups in total. The van der Waals surface area contributed by atoms with Crippen LogP contribution in [0.3, 0.4) is 0 Å². The number of benzene rings is 1. The number of rotatable bonds is 5. The van der Waals surface area contributed by atoms with E-state index in [1.54, 1.807) is 0 Å². The molecule has 0 saturated carbocycles. The minimum absolute atomic E-state index is 0.133. The van der Waals surface area contributed by atoms with Gasteiger partial charge in [0.1, 0.15) is 0 Å². The number of piperazine rings is 1. The van der Waals surface area contributed by atoms with E-state index < -0.39 is 6.10 Å². The Kier molecular flexibility index (Phi) is 6.42. The zero-order chi connectivity index (χ0) is 17.6. The summed E-state index contributed by atoms with van der Waals surface area (Å²) in [4.78, 5) is 18.8. The van der Waals surface area contributed by atoms with Crippen molar-refractivity contribution in [1.29, 1.82) is 0 Å². The molecule has 0 unspecified atom stereocenters. The number of aliphatic hydroxyl groups excluding tert-OH is 1. The zero-order valence-electron chi connectivity index (χ0n) is 15.0. The first-order chi connectivity index (χ1) is 12.1. The third-order valence-electron chi connectivity index (χ3n) is 5.03. The van der Waals surface area contributed by atoms with Gasteiger partial charge in [-0.15, -0.1) is 0 Å². The molecule has 2 fully saturated rings. The predicted molar refractivity (Wildman–Crippen MR) is 96.3 cm³/mol. The van der Waals surface area contributed by atoms with Gasteiger partial charge in [0.05, 0.1) is 25.4 Å². The third kappa shape index (κ3) is 5.25. The summed E-state index contributed by atoms with van der Waals surface area (Å²) in [6, 6.07) is 9.79. The number of amides is 1. The quantitative estimate of drug-likeness (QED) is 0.845. The van der Waals surface area contributed by atoms with Gasteiger partial charge in [-0.3, -0.25) is 14.6 Å². The Bertz CT molecular complexity index is 546. The summed E-state index contributed by atoms with van der Waals surface area (Å²) in [5.74, 6) is 0.202. The second-order valence-electron chi connectivity index (χ2n) is 7.02. The minimum Gasteiger partial charge on any atom is -0.387 e. The van der Waals surface area contributed by atoms with Crippen LogP contribution in [0.25, 0.3) is 0 Å². The number of carbonyl (C=O) groups excluding carboxylic acids is 1. The SMILES string of the molecule is C[C@@H]1CN(C(=O)CN2CCN(C[C@@H](O)c3ccccc3)CC2)CCO1. The van der Waals surface area contributed by atoms with E-state index in [-0.39, 0.29) is 12.0 Å². The largest absolute Gasteiger partial charge is 0.387 e. The van der Waals surface area contributed by atoms with E-state index in [1.807, 2.05) is 42.2 Å². The molecule has 0 aromatic heterocycles. The van der Waals surface area contributed by atoms with Crippen molar-refractivity contribution in [3.63, 3.8) is 0 Å². The monoisotopic (exact) mass is 347 g/mol. The van der Waals surface area contributed by atoms with Crippen LogP contribution in [0.5, 0.6) is 0 Å². The highest BCUT2D eigenvalue weighted by atomic mass is 16.5. The van der Waals surface area contributed by atoms with Gasteiger partial charge < -0.3 is 14.7 Å². The molecule has 25 heavy (non-hydrogen) atoms. The first-order valence-electron chi connectivity index (χ1n) is 9.19. The van der Waals surface area contributed by atoms with Crippen molar-refractivity contribution in [3.05, 3.63) is 35.9 Å². The van der Waals surface area contributed by atoms with Crippen molar-refractivity contribution in [2.24, 2.45) is 0 Å². The number of hydrogen-bond donors (Lipinski definition) is 1. The van der Waals surface area contributed by atoms with E-state index in [9.17, 15) is 9.90 Å². The third-order valence-corrected chi connectivity index (χ3v) is 5.03. The number of nitrogens with zero attached hydrogens (tertiary/aromatic N) is 3. The second-order valence-corrected chi connectivity index (χ2v) is 7.02. The average molecular weight is 347 g/mol. The summed E-state index contributed by atoms with van der Waals surface area (Å²) in [7, 11) is 0. The number of aliphatic hydroxyl groups is 1. The summed E-state index contributed by atoms with van der Waals surface area (Å²) in [5, 5.41) is 10.4. The molecule has 1 amide bonds. The molecule has 1 aromatic rings. The summed E-state index contributed by atoms with van der Waals surface area (Å²) >= 11 is 0. The van der Waals surface area contributed by atoms with Crippen LogP contribution in [0.1, 0.15) is 18.6 Å². The summed E-state index contributed by atoms with van der Waals surface area (Å²) in [6.07, 6.45) is -0.321. The fourth-order valence-corrected chi connectivity index (χ4v) is 3.49. The maximum absolute atomic E-state index is 12.4. The van der Waals surface area contributed by atoms with Crippen LogP contribution < -0.4 is 0 Å². The lowest BCUT2D eigenvalue weighted by Gasteiger charge is -2.37. The topological polar surface area (TPSA) is 56.3 Å². The molecule has 2 aliphatic heterocycles. The highest BCUT2D eigenvalue weighted by Gasteiger charge is 2.25. The Morgan fingerprint density at radius 2 is 1.84 bits per heavy atom. The van der Waals surface area contributed by atoms with Gasteiger partial charge in [-0.1, -0.05) is 30.3 Å². The standard InChI is InChI=1S/C19H29N3O3/c1-16-13-22(11-12-25-16)19(24)15-21-9-7-20(8-10-21)14-18(23)17-5-3-2-4-6-17/h2-6,16,18,23H,7-15H2,1H3/t16-,18-/m1/s1. The van der Waals surface area contributed by atoms with Crippen LogP contribution in [0.2, 0.25) is 0 Å². The zero-order valence-corrected chi connectivity index (χ0v) is 15.0. The van der Waals surface area contributed by atoms with Crippen molar-refractivity contribution < 1.29 is 14.6 Å². The van der Waals surface area contributed by atoms with Crippen molar-refractivity contribution in [3.8, 4) is 0 Å². The normalized spacial score (nSPS) is 24.2. The van der Waals surface area contributed by atoms with Crippen LogP contribution in [0.4, 0.5) is 0 Å². The fourth-order valence-electron chi connectivity index (χ4n) is 3.49. The molecule has 3 rings (SSSR count). The molecule has 6 heteroatoms. The fraction of sp³-hybridized carbons (Fsp3) is 0.632. The van der Waals surface area contributed by atoms with Crippen molar-refractivity contribution in [1.82, 2.24) is 14.7 Å². The molecule has 0 aliphatic carbocycles. The summed E-state index contributed by atoms with van der Waals surface area (Å²) in [6.45, 7) is 8.69. The van der Waals surface area contributed by atoms with E-state index in [0.29, 0.717) is 32.8 Å². The van der Waals surface area contributed by atoms with Crippen LogP contribution in [0.15, 0.2) is 30.3 Å². The van der Waals surface area contributed by atoms with Crippen molar-refractivity contribution in [2.45, 2.75) is 19.1 Å². The van der Waals surface area contributed by atoms with Gasteiger partial charge in [0.2, 0.25) is 5.91 Å². The molecular formula is C19H29N3O3. The molecule has 2 heterocycles. The smallest absolute Gasteiger partial charge is 0.236 e. The Balaban J connectivity index is 1.40. The van der Waals surface area contributed by atoms with Crippen molar-refractivity contribution in [2.75, 3.05) is 59.0 Å². The summed E-state index contributed by atoms with van der Waals surface area (Å²) < 4.78 is 5.50. The first-order valence-corrected chi connectivity index (χ1v) is 9.19. The Hall–Kier alpha value is -1.47. The van der Waals surface area contributed by atoms with Crippen LogP contribution in [0, 0.1) is 0 Å². The van der Waals surface area contributed by atoms with Crippen molar-refractivity contribution >= 4 is 5.91 Å². The molecule has 2 aliphatic rings. The lowest BCUT2D eigenvalue weighted by molar-refractivity contribution is -0.139. The minimum atomic E-state index is -0.454. The number of hydrogen-bond acceptors (Lipinski definition) is 5. The van der Waals surface area contributed by atoms with Gasteiger partial charge in [-0.05, 0) is 12.5 Å². The van der Waals surface area contributed by atoms with E-state index in [0.717, 1.165) is 31.7 Å². The van der Waals surface area contributed by atoms with Gasteiger partial charge in [0, 0.05) is 45.8 Å². The van der Waals surface area contributed by atoms with Crippen LogP contribution >= 0.6 is 0 Å². The molecule has 2 saturated heterocycles. The molecule has 0 bridgehead atoms. The van der Waals surface area contributed by atoms with Crippen LogP contribution in [-0.2, 0) is 9.53 Å². The van der Waals surface area contributed by atoms with Crippen LogP contribution in [-0.4, -0.2) is 90.8 Å². The number of ether oxygens (including phenoxy) is 1. The van der Waals surface area contributed by atoms with Gasteiger partial charge in [-0.25, -0.2) is 0 Å². The second kappa shape index (κ2) is 8.76. The van der Waals surface area contributed by atoms with E-state index in [1.165, 1.54) is 0 Å².